The van der Waals surface area contributed by atoms with Crippen LogP contribution in [-0.4, -0.2) is 36.7 Å². The Kier molecular flexibility index (Phi) is 6.72. The highest BCUT2D eigenvalue weighted by Gasteiger charge is 2.23. The molecule has 0 aromatic carbocycles. The van der Waals surface area contributed by atoms with Gasteiger partial charge in [-0.3, -0.25) is 4.79 Å². The predicted octanol–water partition coefficient (Wildman–Crippen LogP) is 0.884. The number of hydrogen-bond acceptors (Lipinski definition) is 3. The molecule has 0 rings (SSSR count). The molecule has 2 atom stereocenters. The lowest BCUT2D eigenvalue weighted by atomic mass is 10.0. The molecule has 2 N–H and O–H groups in total. The highest BCUT2D eigenvalue weighted by molar-refractivity contribution is 5.84. The van der Waals surface area contributed by atoms with Crippen molar-refractivity contribution >= 4 is 11.9 Å². The van der Waals surface area contributed by atoms with Crippen molar-refractivity contribution < 1.29 is 19.4 Å². The van der Waals surface area contributed by atoms with E-state index in [0.717, 1.165) is 0 Å². The third kappa shape index (κ3) is 5.70. The minimum atomic E-state index is -0.994. The topological polar surface area (TPSA) is 75.6 Å². The smallest absolute Gasteiger partial charge is 0.326 e. The summed E-state index contributed by atoms with van der Waals surface area (Å²) in [5.74, 6) is -1.39. The van der Waals surface area contributed by atoms with Gasteiger partial charge < -0.3 is 15.2 Å². The number of methoxy groups -OCH3 is 1. The zero-order valence-corrected chi connectivity index (χ0v) is 10.3. The average Bonchev–Trinajstić information content (AvgIpc) is 2.16. The minimum Gasteiger partial charge on any atom is -0.480 e. The van der Waals surface area contributed by atoms with E-state index in [9.17, 15) is 9.59 Å². The molecular weight excluding hydrogens is 210 g/mol. The second-order valence-electron chi connectivity index (χ2n) is 4.39. The summed E-state index contributed by atoms with van der Waals surface area (Å²) in [4.78, 5) is 22.5. The first-order valence-electron chi connectivity index (χ1n) is 5.40. The van der Waals surface area contributed by atoms with Crippen molar-refractivity contribution in [1.29, 1.82) is 0 Å². The number of nitrogens with one attached hydrogen (secondary N) is 1. The van der Waals surface area contributed by atoms with Crippen LogP contribution in [0.2, 0.25) is 0 Å². The number of amides is 1. The SMILES string of the molecule is COCC(C)C(=O)N[C@@H](CC(C)C)C(=O)O. The molecule has 1 amide bonds. The lowest BCUT2D eigenvalue weighted by Crippen LogP contribution is -2.44. The second kappa shape index (κ2) is 7.22. The Labute approximate surface area is 96.2 Å². The van der Waals surface area contributed by atoms with Gasteiger partial charge in [-0.15, -0.1) is 0 Å². The van der Waals surface area contributed by atoms with Gasteiger partial charge >= 0.3 is 5.97 Å². The Morgan fingerprint density at radius 3 is 2.25 bits per heavy atom. The third-order valence-electron chi connectivity index (χ3n) is 2.19. The van der Waals surface area contributed by atoms with Crippen LogP contribution >= 0.6 is 0 Å². The van der Waals surface area contributed by atoms with Gasteiger partial charge in [0.15, 0.2) is 0 Å². The first-order valence-corrected chi connectivity index (χ1v) is 5.40. The van der Waals surface area contributed by atoms with E-state index in [1.165, 1.54) is 7.11 Å². The molecule has 0 radical (unpaired) electrons. The van der Waals surface area contributed by atoms with Crippen LogP contribution < -0.4 is 5.32 Å². The molecule has 94 valence electrons. The fourth-order valence-electron chi connectivity index (χ4n) is 1.33. The Morgan fingerprint density at radius 1 is 1.31 bits per heavy atom. The number of ether oxygens (including phenoxy) is 1. The Bertz CT molecular complexity index is 240. The molecule has 0 saturated carbocycles. The maximum atomic E-state index is 11.6. The first kappa shape index (κ1) is 14.9. The van der Waals surface area contributed by atoms with Gasteiger partial charge in [0.2, 0.25) is 5.91 Å². The van der Waals surface area contributed by atoms with Crippen LogP contribution in [0, 0.1) is 11.8 Å². The molecule has 0 bridgehead atoms. The molecule has 0 aliphatic rings. The minimum absolute atomic E-state index is 0.221. The molecule has 0 heterocycles. The van der Waals surface area contributed by atoms with Crippen molar-refractivity contribution in [3.63, 3.8) is 0 Å². The lowest BCUT2D eigenvalue weighted by Gasteiger charge is -2.18. The molecule has 0 aliphatic carbocycles. The van der Waals surface area contributed by atoms with Gasteiger partial charge in [0, 0.05) is 7.11 Å². The molecule has 0 saturated heterocycles. The van der Waals surface area contributed by atoms with Crippen LogP contribution in [0.4, 0.5) is 0 Å². The van der Waals surface area contributed by atoms with Gasteiger partial charge in [-0.2, -0.15) is 0 Å². The van der Waals surface area contributed by atoms with Crippen LogP contribution in [0.3, 0.4) is 0 Å². The monoisotopic (exact) mass is 231 g/mol. The van der Waals surface area contributed by atoms with Crippen molar-refractivity contribution in [2.24, 2.45) is 11.8 Å². The number of carboxylic acids is 1. The van der Waals surface area contributed by atoms with Gasteiger partial charge in [-0.25, -0.2) is 4.79 Å². The fraction of sp³-hybridized carbons (Fsp3) is 0.818. The van der Waals surface area contributed by atoms with E-state index < -0.39 is 12.0 Å². The summed E-state index contributed by atoms with van der Waals surface area (Å²) in [6.45, 7) is 5.83. The molecule has 0 spiro atoms. The van der Waals surface area contributed by atoms with E-state index in [4.69, 9.17) is 9.84 Å². The van der Waals surface area contributed by atoms with Crippen molar-refractivity contribution in [1.82, 2.24) is 5.32 Å². The van der Waals surface area contributed by atoms with Gasteiger partial charge in [0.1, 0.15) is 6.04 Å². The van der Waals surface area contributed by atoms with E-state index >= 15 is 0 Å². The van der Waals surface area contributed by atoms with Gasteiger partial charge in [-0.1, -0.05) is 20.8 Å². The normalized spacial score (nSPS) is 14.6. The first-order chi connectivity index (χ1) is 7.38. The maximum absolute atomic E-state index is 11.6. The number of rotatable bonds is 7. The van der Waals surface area contributed by atoms with Gasteiger partial charge in [0.05, 0.1) is 12.5 Å². The number of carboxylic acid groups (broad SMARTS) is 1. The maximum Gasteiger partial charge on any atom is 0.326 e. The summed E-state index contributed by atoms with van der Waals surface area (Å²) in [5.41, 5.74) is 0. The van der Waals surface area contributed by atoms with Crippen molar-refractivity contribution in [3.8, 4) is 0 Å². The molecule has 0 aromatic heterocycles. The lowest BCUT2D eigenvalue weighted by molar-refractivity contribution is -0.143. The average molecular weight is 231 g/mol. The molecule has 0 aliphatic heterocycles. The molecule has 5 nitrogen and oxygen atoms in total. The quantitative estimate of drug-likeness (QED) is 0.682. The summed E-state index contributed by atoms with van der Waals surface area (Å²) in [6, 6.07) is -0.813. The van der Waals surface area contributed by atoms with Gasteiger partial charge in [0.25, 0.3) is 0 Å². The fourth-order valence-corrected chi connectivity index (χ4v) is 1.33. The Morgan fingerprint density at radius 2 is 1.88 bits per heavy atom. The number of carbonyl (C=O) groups is 2. The molecule has 0 fully saturated rings. The van der Waals surface area contributed by atoms with Crippen molar-refractivity contribution in [2.45, 2.75) is 33.2 Å². The molecule has 1 unspecified atom stereocenters. The zero-order valence-electron chi connectivity index (χ0n) is 10.3. The van der Waals surface area contributed by atoms with E-state index in [0.29, 0.717) is 13.0 Å². The highest BCUT2D eigenvalue weighted by Crippen LogP contribution is 2.06. The molecular formula is C11H21NO4. The molecule has 5 heteroatoms. The van der Waals surface area contributed by atoms with Crippen LogP contribution in [0.25, 0.3) is 0 Å². The van der Waals surface area contributed by atoms with Gasteiger partial charge in [-0.05, 0) is 12.3 Å². The summed E-state index contributed by atoms with van der Waals surface area (Å²) in [5, 5.41) is 11.5. The van der Waals surface area contributed by atoms with E-state index in [2.05, 4.69) is 5.32 Å². The predicted molar refractivity (Wildman–Crippen MR) is 60.1 cm³/mol. The number of carbonyl (C=O) groups excluding carboxylic acids is 1. The zero-order chi connectivity index (χ0) is 12.7. The van der Waals surface area contributed by atoms with E-state index in [-0.39, 0.29) is 17.7 Å². The summed E-state index contributed by atoms with van der Waals surface area (Å²) >= 11 is 0. The van der Waals surface area contributed by atoms with E-state index in [1.54, 1.807) is 6.92 Å². The Hall–Kier alpha value is -1.10. The van der Waals surface area contributed by atoms with E-state index in [1.807, 2.05) is 13.8 Å². The van der Waals surface area contributed by atoms with Crippen LogP contribution in [0.5, 0.6) is 0 Å². The summed E-state index contributed by atoms with van der Waals surface area (Å²) in [7, 11) is 1.51. The number of hydrogen-bond donors (Lipinski definition) is 2. The third-order valence-corrected chi connectivity index (χ3v) is 2.19. The van der Waals surface area contributed by atoms with Crippen LogP contribution in [-0.2, 0) is 14.3 Å². The highest BCUT2D eigenvalue weighted by atomic mass is 16.5. The largest absolute Gasteiger partial charge is 0.480 e. The molecule has 16 heavy (non-hydrogen) atoms. The van der Waals surface area contributed by atoms with Crippen molar-refractivity contribution in [3.05, 3.63) is 0 Å². The summed E-state index contributed by atoms with van der Waals surface area (Å²) in [6.07, 6.45) is 0.431. The van der Waals surface area contributed by atoms with Crippen LogP contribution in [0.1, 0.15) is 27.2 Å². The standard InChI is InChI=1S/C11H21NO4/c1-7(2)5-9(11(14)15)12-10(13)8(3)6-16-4/h7-9H,5-6H2,1-4H3,(H,12,13)(H,14,15)/t8?,9-/m0/s1. The number of aliphatic carboxylic acids is 1. The second-order valence-corrected chi connectivity index (χ2v) is 4.39. The molecule has 0 aromatic rings. The van der Waals surface area contributed by atoms with Crippen molar-refractivity contribution in [2.75, 3.05) is 13.7 Å². The van der Waals surface area contributed by atoms with Crippen LogP contribution in [0.15, 0.2) is 0 Å². The summed E-state index contributed by atoms with van der Waals surface area (Å²) < 4.78 is 4.84. The Balaban J connectivity index is 4.28.